The minimum absolute atomic E-state index is 0.0650. The standard InChI is InChI=1S/C25H42N4O2/c1-28-23(31)25(27-24(28)26,14-13-19-8-3-2-4-9-19)17-21-12-7-15-29(18-21)22(30)16-20-10-5-6-11-20/h19-21H,2-18H2,1H3,(H2,26,27)/t21?,25-/m0/s1. The van der Waals surface area contributed by atoms with E-state index in [0.29, 0.717) is 30.1 Å². The Morgan fingerprint density at radius 1 is 1.00 bits per heavy atom. The lowest BCUT2D eigenvalue weighted by Crippen LogP contribution is -2.47. The van der Waals surface area contributed by atoms with E-state index in [1.54, 1.807) is 11.9 Å². The van der Waals surface area contributed by atoms with E-state index in [1.165, 1.54) is 57.8 Å². The SMILES string of the molecule is CN1C(=O)[C@](CCC2CCCCC2)(CC2CCCN(C(=O)CC3CCCC3)C2)N=C1N. The zero-order valence-electron chi connectivity index (χ0n) is 19.5. The molecule has 6 nitrogen and oxygen atoms in total. The zero-order valence-corrected chi connectivity index (χ0v) is 19.5. The molecule has 6 heteroatoms. The first kappa shape index (κ1) is 22.6. The largest absolute Gasteiger partial charge is 0.369 e. The van der Waals surface area contributed by atoms with Crippen LogP contribution in [-0.4, -0.2) is 53.2 Å². The number of likely N-dealkylation sites (tertiary alicyclic amines) is 1. The molecule has 0 aromatic rings. The molecule has 2 heterocycles. The number of carbonyl (C=O) groups excluding carboxylic acids is 2. The monoisotopic (exact) mass is 430 g/mol. The summed E-state index contributed by atoms with van der Waals surface area (Å²) in [6.45, 7) is 1.65. The molecule has 174 valence electrons. The highest BCUT2D eigenvalue weighted by atomic mass is 16.2. The third-order valence-corrected chi connectivity index (χ3v) is 8.50. The van der Waals surface area contributed by atoms with Crippen molar-refractivity contribution in [1.82, 2.24) is 9.80 Å². The average molecular weight is 431 g/mol. The van der Waals surface area contributed by atoms with E-state index in [4.69, 9.17) is 10.7 Å². The third-order valence-electron chi connectivity index (χ3n) is 8.50. The number of aliphatic imine (C=N–C) groups is 1. The molecule has 0 bridgehead atoms. The summed E-state index contributed by atoms with van der Waals surface area (Å²) in [6, 6.07) is 0. The molecule has 2 aliphatic heterocycles. The van der Waals surface area contributed by atoms with Gasteiger partial charge < -0.3 is 10.6 Å². The van der Waals surface area contributed by atoms with Crippen molar-refractivity contribution in [2.24, 2.45) is 28.5 Å². The van der Waals surface area contributed by atoms with E-state index in [2.05, 4.69) is 4.90 Å². The maximum absolute atomic E-state index is 13.3. The fourth-order valence-electron chi connectivity index (χ4n) is 6.60. The number of guanidine groups is 1. The molecule has 2 aliphatic carbocycles. The summed E-state index contributed by atoms with van der Waals surface area (Å²) in [5, 5.41) is 0. The van der Waals surface area contributed by atoms with E-state index in [9.17, 15) is 9.59 Å². The van der Waals surface area contributed by atoms with Crippen molar-refractivity contribution in [2.75, 3.05) is 20.1 Å². The van der Waals surface area contributed by atoms with Crippen LogP contribution in [0.15, 0.2) is 4.99 Å². The molecule has 4 aliphatic rings. The lowest BCUT2D eigenvalue weighted by molar-refractivity contribution is -0.134. The van der Waals surface area contributed by atoms with Crippen LogP contribution < -0.4 is 5.73 Å². The third kappa shape index (κ3) is 5.25. The van der Waals surface area contributed by atoms with Gasteiger partial charge in [0.1, 0.15) is 5.54 Å². The topological polar surface area (TPSA) is 79.0 Å². The molecule has 3 fully saturated rings. The Labute approximate surface area is 188 Å². The summed E-state index contributed by atoms with van der Waals surface area (Å²) in [4.78, 5) is 34.6. The van der Waals surface area contributed by atoms with Gasteiger partial charge in [0.2, 0.25) is 5.91 Å². The molecular formula is C25H42N4O2. The summed E-state index contributed by atoms with van der Waals surface area (Å²) in [5.74, 6) is 2.39. The van der Waals surface area contributed by atoms with Gasteiger partial charge in [0, 0.05) is 26.6 Å². The molecule has 4 rings (SSSR count). The van der Waals surface area contributed by atoms with Gasteiger partial charge in [-0.3, -0.25) is 14.5 Å². The fraction of sp³-hybridized carbons (Fsp3) is 0.880. The number of carbonyl (C=O) groups is 2. The Balaban J connectivity index is 1.40. The first-order valence-corrected chi connectivity index (χ1v) is 12.9. The molecule has 31 heavy (non-hydrogen) atoms. The second kappa shape index (κ2) is 9.91. The zero-order chi connectivity index (χ0) is 21.8. The number of nitrogens with zero attached hydrogens (tertiary/aromatic N) is 3. The van der Waals surface area contributed by atoms with Gasteiger partial charge in [0.25, 0.3) is 5.91 Å². The predicted molar refractivity (Wildman–Crippen MR) is 123 cm³/mol. The molecule has 1 saturated heterocycles. The molecule has 0 aromatic heterocycles. The van der Waals surface area contributed by atoms with E-state index >= 15 is 0 Å². The van der Waals surface area contributed by atoms with Gasteiger partial charge in [-0.25, -0.2) is 4.99 Å². The fourth-order valence-corrected chi connectivity index (χ4v) is 6.60. The van der Waals surface area contributed by atoms with Crippen LogP contribution in [0.3, 0.4) is 0 Å². The maximum Gasteiger partial charge on any atom is 0.257 e. The first-order valence-electron chi connectivity index (χ1n) is 12.9. The van der Waals surface area contributed by atoms with Crippen molar-refractivity contribution in [1.29, 1.82) is 0 Å². The smallest absolute Gasteiger partial charge is 0.257 e. The Hall–Kier alpha value is -1.59. The number of amides is 2. The number of nitrogens with two attached hydrogens (primary N) is 1. The van der Waals surface area contributed by atoms with Crippen LogP contribution in [0.2, 0.25) is 0 Å². The predicted octanol–water partition coefficient (Wildman–Crippen LogP) is 4.08. The van der Waals surface area contributed by atoms with Crippen LogP contribution in [0.5, 0.6) is 0 Å². The number of hydrogen-bond donors (Lipinski definition) is 1. The number of likely N-dealkylation sites (N-methyl/N-ethyl adjacent to an activating group) is 1. The summed E-state index contributed by atoms with van der Waals surface area (Å²) in [7, 11) is 1.75. The van der Waals surface area contributed by atoms with Crippen LogP contribution in [0, 0.1) is 17.8 Å². The lowest BCUT2D eigenvalue weighted by Gasteiger charge is -2.37. The van der Waals surface area contributed by atoms with Gasteiger partial charge >= 0.3 is 0 Å². The highest BCUT2D eigenvalue weighted by molar-refractivity contribution is 6.06. The Morgan fingerprint density at radius 3 is 2.32 bits per heavy atom. The molecule has 0 spiro atoms. The molecule has 1 unspecified atom stereocenters. The summed E-state index contributed by atoms with van der Waals surface area (Å²) >= 11 is 0. The van der Waals surface area contributed by atoms with Crippen molar-refractivity contribution in [3.05, 3.63) is 0 Å². The number of piperidine rings is 1. The van der Waals surface area contributed by atoms with Crippen LogP contribution in [-0.2, 0) is 9.59 Å². The Kier molecular flexibility index (Phi) is 7.22. The summed E-state index contributed by atoms with van der Waals surface area (Å²) < 4.78 is 0. The van der Waals surface area contributed by atoms with E-state index < -0.39 is 5.54 Å². The first-order chi connectivity index (χ1) is 15.0. The second-order valence-electron chi connectivity index (χ2n) is 10.8. The minimum atomic E-state index is -0.710. The van der Waals surface area contributed by atoms with Crippen molar-refractivity contribution in [3.8, 4) is 0 Å². The summed E-state index contributed by atoms with van der Waals surface area (Å²) in [6.07, 6.45) is 16.9. The number of hydrogen-bond acceptors (Lipinski definition) is 4. The molecule has 0 radical (unpaired) electrons. The lowest BCUT2D eigenvalue weighted by atomic mass is 9.77. The van der Waals surface area contributed by atoms with Gasteiger partial charge in [-0.15, -0.1) is 0 Å². The van der Waals surface area contributed by atoms with Crippen LogP contribution in [0.4, 0.5) is 0 Å². The Morgan fingerprint density at radius 2 is 1.65 bits per heavy atom. The maximum atomic E-state index is 13.3. The number of rotatable bonds is 7. The van der Waals surface area contributed by atoms with Crippen LogP contribution >= 0.6 is 0 Å². The molecular weight excluding hydrogens is 388 g/mol. The van der Waals surface area contributed by atoms with Crippen molar-refractivity contribution >= 4 is 17.8 Å². The van der Waals surface area contributed by atoms with Gasteiger partial charge in [-0.05, 0) is 62.7 Å². The minimum Gasteiger partial charge on any atom is -0.369 e. The van der Waals surface area contributed by atoms with E-state index in [1.807, 2.05) is 0 Å². The van der Waals surface area contributed by atoms with E-state index in [-0.39, 0.29) is 5.91 Å². The average Bonchev–Trinajstić information content (AvgIpc) is 3.36. The molecule has 2 saturated carbocycles. The second-order valence-corrected chi connectivity index (χ2v) is 10.8. The molecule has 2 N–H and O–H groups in total. The van der Waals surface area contributed by atoms with Crippen molar-refractivity contribution < 1.29 is 9.59 Å². The van der Waals surface area contributed by atoms with Gasteiger partial charge in [-0.2, -0.15) is 0 Å². The highest BCUT2D eigenvalue weighted by Crippen LogP contribution is 2.39. The summed E-state index contributed by atoms with van der Waals surface area (Å²) in [5.41, 5.74) is 5.41. The quantitative estimate of drug-likeness (QED) is 0.661. The van der Waals surface area contributed by atoms with E-state index in [0.717, 1.165) is 51.1 Å². The Bertz CT molecular complexity index is 681. The van der Waals surface area contributed by atoms with Crippen molar-refractivity contribution in [3.63, 3.8) is 0 Å². The molecule has 2 atom stereocenters. The van der Waals surface area contributed by atoms with Crippen LogP contribution in [0.1, 0.15) is 96.3 Å². The molecule has 0 aromatic carbocycles. The van der Waals surface area contributed by atoms with Crippen molar-refractivity contribution in [2.45, 2.75) is 102 Å². The van der Waals surface area contributed by atoms with Gasteiger partial charge in [0.05, 0.1) is 0 Å². The van der Waals surface area contributed by atoms with Gasteiger partial charge in [-0.1, -0.05) is 44.9 Å². The normalized spacial score (nSPS) is 30.8. The van der Waals surface area contributed by atoms with Gasteiger partial charge in [0.15, 0.2) is 5.96 Å². The van der Waals surface area contributed by atoms with Crippen LogP contribution in [0.25, 0.3) is 0 Å². The highest BCUT2D eigenvalue weighted by Gasteiger charge is 2.48. The molecule has 2 amide bonds.